The number of carbonyl (C=O) groups excluding carboxylic acids is 1. The van der Waals surface area contributed by atoms with Crippen LogP contribution in [-0.2, 0) is 11.3 Å². The third-order valence-electron chi connectivity index (χ3n) is 3.97. The standard InChI is InChI=1S/C18H18Cl3N3O3/c19-13-6-14(9-22-8-13)27-11-15-10-24(3-4-26-15)18(25)23-7-12-1-2-16(20)17(21)5-12/h1-2,5-6,8-9,15H,3-4,7,10-11H2,(H,23,25). The number of ether oxygens (including phenoxy) is 2. The quantitative estimate of drug-likeness (QED) is 0.778. The predicted molar refractivity (Wildman–Crippen MR) is 105 cm³/mol. The number of benzene rings is 1. The molecule has 1 aromatic carbocycles. The lowest BCUT2D eigenvalue weighted by molar-refractivity contribution is -0.0352. The second-order valence-corrected chi connectivity index (χ2v) is 7.25. The third kappa shape index (κ3) is 5.87. The van der Waals surface area contributed by atoms with E-state index in [1.165, 1.54) is 6.20 Å². The second kappa shape index (κ2) is 9.46. The summed E-state index contributed by atoms with van der Waals surface area (Å²) < 4.78 is 11.3. The van der Waals surface area contributed by atoms with E-state index in [-0.39, 0.29) is 12.1 Å². The highest BCUT2D eigenvalue weighted by Crippen LogP contribution is 2.22. The summed E-state index contributed by atoms with van der Waals surface area (Å²) in [6.07, 6.45) is 2.88. The van der Waals surface area contributed by atoms with Gasteiger partial charge < -0.3 is 19.7 Å². The molecule has 1 aliphatic rings. The van der Waals surface area contributed by atoms with Crippen LogP contribution in [0.5, 0.6) is 5.75 Å². The van der Waals surface area contributed by atoms with E-state index in [0.717, 1.165) is 5.56 Å². The number of amides is 2. The van der Waals surface area contributed by atoms with Crippen molar-refractivity contribution in [3.8, 4) is 5.75 Å². The molecule has 0 radical (unpaired) electrons. The fourth-order valence-electron chi connectivity index (χ4n) is 2.60. The lowest BCUT2D eigenvalue weighted by Gasteiger charge is -2.32. The van der Waals surface area contributed by atoms with Crippen LogP contribution in [0.25, 0.3) is 0 Å². The van der Waals surface area contributed by atoms with Crippen LogP contribution >= 0.6 is 34.8 Å². The molecule has 1 unspecified atom stereocenters. The average molecular weight is 431 g/mol. The molecule has 6 nitrogen and oxygen atoms in total. The van der Waals surface area contributed by atoms with Crippen molar-refractivity contribution in [1.29, 1.82) is 0 Å². The fourth-order valence-corrected chi connectivity index (χ4v) is 3.09. The van der Waals surface area contributed by atoms with E-state index in [0.29, 0.717) is 53.7 Å². The molecule has 2 amide bonds. The summed E-state index contributed by atoms with van der Waals surface area (Å²) in [7, 11) is 0. The Hall–Kier alpha value is -1.73. The highest BCUT2D eigenvalue weighted by Gasteiger charge is 2.24. The molecule has 1 atom stereocenters. The fraction of sp³-hybridized carbons (Fsp3) is 0.333. The van der Waals surface area contributed by atoms with Crippen LogP contribution in [0.15, 0.2) is 36.7 Å². The van der Waals surface area contributed by atoms with Gasteiger partial charge in [0.15, 0.2) is 0 Å². The molecule has 0 saturated carbocycles. The zero-order valence-corrected chi connectivity index (χ0v) is 16.6. The molecule has 1 N–H and O–H groups in total. The van der Waals surface area contributed by atoms with Crippen LogP contribution < -0.4 is 10.1 Å². The van der Waals surface area contributed by atoms with Gasteiger partial charge in [-0.2, -0.15) is 0 Å². The van der Waals surface area contributed by atoms with Crippen molar-refractivity contribution in [2.75, 3.05) is 26.3 Å². The van der Waals surface area contributed by atoms with Crippen LogP contribution in [0, 0.1) is 0 Å². The molecule has 2 heterocycles. The highest BCUT2D eigenvalue weighted by molar-refractivity contribution is 6.42. The summed E-state index contributed by atoms with van der Waals surface area (Å²) in [5, 5.41) is 4.32. The SMILES string of the molecule is O=C(NCc1ccc(Cl)c(Cl)c1)N1CCOC(COc2cncc(Cl)c2)C1. The van der Waals surface area contributed by atoms with Crippen LogP contribution in [0.1, 0.15) is 5.56 Å². The van der Waals surface area contributed by atoms with Gasteiger partial charge in [0, 0.05) is 25.4 Å². The summed E-state index contributed by atoms with van der Waals surface area (Å²) in [4.78, 5) is 18.1. The van der Waals surface area contributed by atoms with Gasteiger partial charge in [0.05, 0.1) is 34.4 Å². The molecule has 27 heavy (non-hydrogen) atoms. The van der Waals surface area contributed by atoms with E-state index in [2.05, 4.69) is 10.3 Å². The van der Waals surface area contributed by atoms with E-state index in [4.69, 9.17) is 44.3 Å². The monoisotopic (exact) mass is 429 g/mol. The molecule has 0 spiro atoms. The van der Waals surface area contributed by atoms with Crippen LogP contribution in [0.3, 0.4) is 0 Å². The average Bonchev–Trinajstić information content (AvgIpc) is 2.67. The minimum atomic E-state index is -0.228. The van der Waals surface area contributed by atoms with Gasteiger partial charge in [-0.25, -0.2) is 4.79 Å². The summed E-state index contributed by atoms with van der Waals surface area (Å²) >= 11 is 17.8. The van der Waals surface area contributed by atoms with Crippen molar-refractivity contribution in [2.24, 2.45) is 0 Å². The Morgan fingerprint density at radius 2 is 2.11 bits per heavy atom. The van der Waals surface area contributed by atoms with Crippen molar-refractivity contribution in [1.82, 2.24) is 15.2 Å². The smallest absolute Gasteiger partial charge is 0.317 e. The molecule has 1 fully saturated rings. The van der Waals surface area contributed by atoms with Crippen molar-refractivity contribution in [2.45, 2.75) is 12.6 Å². The van der Waals surface area contributed by atoms with Crippen LogP contribution in [-0.4, -0.2) is 48.3 Å². The maximum atomic E-state index is 12.4. The molecule has 0 bridgehead atoms. The van der Waals surface area contributed by atoms with Crippen LogP contribution in [0.4, 0.5) is 4.79 Å². The minimum absolute atomic E-state index is 0.168. The first-order valence-corrected chi connectivity index (χ1v) is 9.46. The molecule has 2 aromatic rings. The molecular weight excluding hydrogens is 413 g/mol. The lowest BCUT2D eigenvalue weighted by Crippen LogP contribution is -2.50. The van der Waals surface area contributed by atoms with Crippen molar-refractivity contribution in [3.05, 3.63) is 57.3 Å². The highest BCUT2D eigenvalue weighted by atomic mass is 35.5. The van der Waals surface area contributed by atoms with Gasteiger partial charge in [0.25, 0.3) is 0 Å². The molecule has 144 valence electrons. The number of urea groups is 1. The van der Waals surface area contributed by atoms with E-state index in [9.17, 15) is 4.79 Å². The summed E-state index contributed by atoms with van der Waals surface area (Å²) in [6, 6.07) is 6.78. The number of hydrogen-bond donors (Lipinski definition) is 1. The number of rotatable bonds is 5. The lowest BCUT2D eigenvalue weighted by atomic mass is 10.2. The Balaban J connectivity index is 1.48. The first-order valence-electron chi connectivity index (χ1n) is 8.33. The van der Waals surface area contributed by atoms with Gasteiger partial charge >= 0.3 is 6.03 Å². The van der Waals surface area contributed by atoms with Gasteiger partial charge in [-0.3, -0.25) is 4.98 Å². The molecule has 1 saturated heterocycles. The van der Waals surface area contributed by atoms with Gasteiger partial charge in [-0.05, 0) is 17.7 Å². The third-order valence-corrected chi connectivity index (χ3v) is 4.92. The second-order valence-electron chi connectivity index (χ2n) is 6.00. The Labute approximate surface area is 172 Å². The topological polar surface area (TPSA) is 63.7 Å². The van der Waals surface area contributed by atoms with E-state index < -0.39 is 0 Å². The Kier molecular flexibility index (Phi) is 7.01. The number of nitrogens with zero attached hydrogens (tertiary/aromatic N) is 2. The van der Waals surface area contributed by atoms with Crippen molar-refractivity contribution < 1.29 is 14.3 Å². The van der Waals surface area contributed by atoms with Crippen molar-refractivity contribution >= 4 is 40.8 Å². The summed E-state index contributed by atoms with van der Waals surface area (Å²) in [5.41, 5.74) is 0.874. The molecule has 0 aliphatic carbocycles. The number of pyridine rings is 1. The van der Waals surface area contributed by atoms with Gasteiger partial charge in [0.2, 0.25) is 0 Å². The maximum Gasteiger partial charge on any atom is 0.317 e. The molecule has 1 aromatic heterocycles. The number of halogens is 3. The van der Waals surface area contributed by atoms with Gasteiger partial charge in [-0.15, -0.1) is 0 Å². The first-order chi connectivity index (χ1) is 13.0. The summed E-state index contributed by atoms with van der Waals surface area (Å²) in [6.45, 7) is 2.06. The van der Waals surface area contributed by atoms with E-state index in [1.807, 2.05) is 6.07 Å². The van der Waals surface area contributed by atoms with E-state index in [1.54, 1.807) is 29.3 Å². The largest absolute Gasteiger partial charge is 0.489 e. The molecule has 1 aliphatic heterocycles. The maximum absolute atomic E-state index is 12.4. The number of hydrogen-bond acceptors (Lipinski definition) is 4. The predicted octanol–water partition coefficient (Wildman–Crippen LogP) is 4.03. The number of nitrogens with one attached hydrogen (secondary N) is 1. The van der Waals surface area contributed by atoms with E-state index >= 15 is 0 Å². The Bertz CT molecular complexity index is 806. The minimum Gasteiger partial charge on any atom is -0.489 e. The first kappa shape index (κ1) is 20.0. The number of carbonyl (C=O) groups is 1. The number of morpholine rings is 1. The zero-order valence-electron chi connectivity index (χ0n) is 14.3. The molecule has 3 rings (SSSR count). The van der Waals surface area contributed by atoms with Gasteiger partial charge in [-0.1, -0.05) is 40.9 Å². The molecule has 9 heteroatoms. The Morgan fingerprint density at radius 3 is 2.89 bits per heavy atom. The normalized spacial score (nSPS) is 16.9. The Morgan fingerprint density at radius 1 is 1.26 bits per heavy atom. The molecular formula is C18H18Cl3N3O3. The summed E-state index contributed by atoms with van der Waals surface area (Å²) in [5.74, 6) is 0.562. The zero-order chi connectivity index (χ0) is 19.2. The van der Waals surface area contributed by atoms with Crippen LogP contribution in [0.2, 0.25) is 15.1 Å². The van der Waals surface area contributed by atoms with Crippen molar-refractivity contribution in [3.63, 3.8) is 0 Å². The number of aromatic nitrogens is 1. The van der Waals surface area contributed by atoms with Gasteiger partial charge in [0.1, 0.15) is 18.5 Å².